The van der Waals surface area contributed by atoms with Crippen LogP contribution in [0.2, 0.25) is 5.02 Å². The molecule has 5 rings (SSSR count). The Morgan fingerprint density at radius 2 is 2.09 bits per heavy atom. The van der Waals surface area contributed by atoms with Gasteiger partial charge in [-0.1, -0.05) is 18.5 Å². The predicted molar refractivity (Wildman–Crippen MR) is 133 cm³/mol. The zero-order valence-corrected chi connectivity index (χ0v) is 20.8. The highest BCUT2D eigenvalue weighted by Gasteiger charge is 2.40. The number of benzene rings is 1. The lowest BCUT2D eigenvalue weighted by atomic mass is 9.87. The number of amides is 1. The van der Waals surface area contributed by atoms with Crippen molar-refractivity contribution in [2.24, 2.45) is 5.41 Å². The second-order valence-corrected chi connectivity index (χ2v) is 9.96. The minimum Gasteiger partial charge on any atom is -0.359 e. The molecule has 0 spiro atoms. The fourth-order valence-electron chi connectivity index (χ4n) is 4.60. The van der Waals surface area contributed by atoms with Crippen LogP contribution in [0.25, 0.3) is 27.6 Å². The third-order valence-electron chi connectivity index (χ3n) is 6.34. The van der Waals surface area contributed by atoms with Gasteiger partial charge in [-0.05, 0) is 66.4 Å². The van der Waals surface area contributed by atoms with Gasteiger partial charge in [-0.3, -0.25) is 9.78 Å². The summed E-state index contributed by atoms with van der Waals surface area (Å²) in [6.07, 6.45) is 4.18. The number of halogens is 2. The predicted octanol–water partition coefficient (Wildman–Crippen LogP) is 4.80. The molecule has 2 atom stereocenters. The average Bonchev–Trinajstić information content (AvgIpc) is 3.33. The smallest absolute Gasteiger partial charge is 0.225 e. The molecule has 3 heterocycles. The van der Waals surface area contributed by atoms with Crippen LogP contribution >= 0.6 is 27.5 Å². The van der Waals surface area contributed by atoms with E-state index in [2.05, 4.69) is 41.6 Å². The number of aryl methyl sites for hydroxylation is 1. The number of aromatic nitrogens is 5. The molecule has 1 aliphatic rings. The molecule has 0 bridgehead atoms. The van der Waals surface area contributed by atoms with Crippen LogP contribution in [-0.4, -0.2) is 43.7 Å². The fraction of sp³-hybridized carbons (Fsp3) is 0.348. The van der Waals surface area contributed by atoms with Crippen molar-refractivity contribution in [3.63, 3.8) is 0 Å². The normalized spacial score (nSPS) is 20.5. The maximum Gasteiger partial charge on any atom is 0.225 e. The van der Waals surface area contributed by atoms with Gasteiger partial charge in [0.2, 0.25) is 11.9 Å². The van der Waals surface area contributed by atoms with Crippen LogP contribution in [0.15, 0.2) is 35.1 Å². The Hall–Kier alpha value is -2.78. The number of nitrogens with zero attached hydrogens (tertiary/aromatic N) is 5. The van der Waals surface area contributed by atoms with Crippen molar-refractivity contribution in [2.75, 3.05) is 12.4 Å². The number of carbonyl (C=O) groups is 1. The molecule has 1 fully saturated rings. The topological polar surface area (TPSA) is 97.6 Å². The Morgan fingerprint density at radius 1 is 1.27 bits per heavy atom. The molecule has 1 aromatic carbocycles. The van der Waals surface area contributed by atoms with E-state index >= 15 is 0 Å². The lowest BCUT2D eigenvalue weighted by Crippen LogP contribution is -2.35. The summed E-state index contributed by atoms with van der Waals surface area (Å²) in [4.78, 5) is 26.1. The molecule has 0 radical (unpaired) electrons. The summed E-state index contributed by atoms with van der Waals surface area (Å²) < 4.78 is 2.43. The molecule has 8 nitrogen and oxygen atoms in total. The number of anilines is 1. The first-order chi connectivity index (χ1) is 15.8. The first kappa shape index (κ1) is 22.0. The standard InChI is InChI=1S/C23H23BrClN7O/c1-12-8-17(25)15-9-14(4-5-18(15)28-12)32-20-16(19(24)31-32)11-27-22(30-20)29-13-6-7-23(2,10-13)21(33)26-3/h4-5,8-9,11,13H,6-7,10H2,1-3H3,(H,26,33)(H,27,29,30)/t13-,23?/m1/s1. The van der Waals surface area contributed by atoms with E-state index in [9.17, 15) is 4.79 Å². The SMILES string of the molecule is CNC(=O)C1(C)CC[C@@H](Nc2ncc3c(Br)nn(-c4ccc5nc(C)cc(Cl)c5c4)c3n2)C1. The van der Waals surface area contributed by atoms with Crippen molar-refractivity contribution in [1.29, 1.82) is 0 Å². The summed E-state index contributed by atoms with van der Waals surface area (Å²) in [6, 6.07) is 7.82. The number of carbonyl (C=O) groups excluding carboxylic acids is 1. The number of hydrogen-bond acceptors (Lipinski definition) is 6. The Balaban J connectivity index is 1.50. The molecule has 0 aliphatic heterocycles. The molecule has 1 aliphatic carbocycles. The zero-order chi connectivity index (χ0) is 23.3. The van der Waals surface area contributed by atoms with Gasteiger partial charge in [0.05, 0.1) is 21.6 Å². The molecule has 170 valence electrons. The van der Waals surface area contributed by atoms with E-state index in [1.807, 2.05) is 38.1 Å². The third-order valence-corrected chi connectivity index (χ3v) is 7.24. The Morgan fingerprint density at radius 3 is 2.88 bits per heavy atom. The molecule has 1 amide bonds. The Bertz CT molecular complexity index is 1400. The highest BCUT2D eigenvalue weighted by atomic mass is 79.9. The van der Waals surface area contributed by atoms with Crippen molar-refractivity contribution in [3.8, 4) is 5.69 Å². The van der Waals surface area contributed by atoms with Crippen molar-refractivity contribution < 1.29 is 4.79 Å². The summed E-state index contributed by atoms with van der Waals surface area (Å²) in [7, 11) is 1.68. The molecule has 33 heavy (non-hydrogen) atoms. The first-order valence-corrected chi connectivity index (χ1v) is 11.9. The van der Waals surface area contributed by atoms with Gasteiger partial charge in [-0.2, -0.15) is 10.1 Å². The van der Waals surface area contributed by atoms with Gasteiger partial charge in [0.15, 0.2) is 5.65 Å². The average molecular weight is 529 g/mol. The van der Waals surface area contributed by atoms with E-state index in [1.54, 1.807) is 17.9 Å². The van der Waals surface area contributed by atoms with Crippen LogP contribution in [0.5, 0.6) is 0 Å². The van der Waals surface area contributed by atoms with Crippen LogP contribution < -0.4 is 10.6 Å². The van der Waals surface area contributed by atoms with E-state index in [0.717, 1.165) is 46.9 Å². The third kappa shape index (κ3) is 3.93. The van der Waals surface area contributed by atoms with Gasteiger partial charge in [-0.15, -0.1) is 0 Å². The first-order valence-electron chi connectivity index (χ1n) is 10.7. The quantitative estimate of drug-likeness (QED) is 0.395. The van der Waals surface area contributed by atoms with Gasteiger partial charge >= 0.3 is 0 Å². The summed E-state index contributed by atoms with van der Waals surface area (Å²) in [5.74, 6) is 0.586. The van der Waals surface area contributed by atoms with Crippen molar-refractivity contribution in [3.05, 3.63) is 45.8 Å². The molecule has 2 N–H and O–H groups in total. The number of rotatable bonds is 4. The number of fused-ring (bicyclic) bond motifs is 2. The van der Waals surface area contributed by atoms with Gasteiger partial charge < -0.3 is 10.6 Å². The highest BCUT2D eigenvalue weighted by Crippen LogP contribution is 2.39. The summed E-state index contributed by atoms with van der Waals surface area (Å²) in [6.45, 7) is 3.93. The minimum absolute atomic E-state index is 0.0739. The highest BCUT2D eigenvalue weighted by molar-refractivity contribution is 9.10. The van der Waals surface area contributed by atoms with Crippen LogP contribution in [0.1, 0.15) is 31.9 Å². The molecule has 4 aromatic rings. The largest absolute Gasteiger partial charge is 0.359 e. The Kier molecular flexibility index (Phi) is 5.49. The van der Waals surface area contributed by atoms with Crippen molar-refractivity contribution >= 4 is 61.3 Å². The van der Waals surface area contributed by atoms with Crippen LogP contribution in [0.4, 0.5) is 5.95 Å². The molecule has 10 heteroatoms. The van der Waals surface area contributed by atoms with Gasteiger partial charge in [0, 0.05) is 35.8 Å². The van der Waals surface area contributed by atoms with Gasteiger partial charge in [0.1, 0.15) is 4.60 Å². The zero-order valence-electron chi connectivity index (χ0n) is 18.5. The second kappa shape index (κ2) is 8.22. The van der Waals surface area contributed by atoms with Gasteiger partial charge in [0.25, 0.3) is 0 Å². The maximum atomic E-state index is 12.2. The van der Waals surface area contributed by atoms with Crippen molar-refractivity contribution in [1.82, 2.24) is 30.0 Å². The molecule has 1 saturated carbocycles. The van der Waals surface area contributed by atoms with E-state index in [-0.39, 0.29) is 17.4 Å². The van der Waals surface area contributed by atoms with Crippen LogP contribution in [-0.2, 0) is 4.79 Å². The molecular weight excluding hydrogens is 506 g/mol. The molecule has 0 saturated heterocycles. The van der Waals surface area contributed by atoms with E-state index < -0.39 is 0 Å². The molecule has 1 unspecified atom stereocenters. The number of pyridine rings is 1. The van der Waals surface area contributed by atoms with Crippen molar-refractivity contribution in [2.45, 2.75) is 39.2 Å². The summed E-state index contributed by atoms with van der Waals surface area (Å²) >= 11 is 10.0. The van der Waals surface area contributed by atoms with E-state index in [1.165, 1.54) is 0 Å². The molecular formula is C23H23BrClN7O. The Labute approximate surface area is 204 Å². The van der Waals surface area contributed by atoms with Crippen LogP contribution in [0, 0.1) is 12.3 Å². The lowest BCUT2D eigenvalue weighted by Gasteiger charge is -2.22. The maximum absolute atomic E-state index is 12.2. The van der Waals surface area contributed by atoms with E-state index in [0.29, 0.717) is 21.2 Å². The number of nitrogens with one attached hydrogen (secondary N) is 2. The van der Waals surface area contributed by atoms with Crippen LogP contribution in [0.3, 0.4) is 0 Å². The second-order valence-electron chi connectivity index (χ2n) is 8.80. The lowest BCUT2D eigenvalue weighted by molar-refractivity contribution is -0.129. The van der Waals surface area contributed by atoms with Gasteiger partial charge in [-0.25, -0.2) is 9.67 Å². The summed E-state index contributed by atoms with van der Waals surface area (Å²) in [5, 5.41) is 13.1. The van der Waals surface area contributed by atoms with E-state index in [4.69, 9.17) is 16.6 Å². The molecule has 3 aromatic heterocycles. The monoisotopic (exact) mass is 527 g/mol. The fourth-order valence-corrected chi connectivity index (χ4v) is 5.35. The summed E-state index contributed by atoms with van der Waals surface area (Å²) in [5.41, 5.74) is 2.82. The number of hydrogen-bond donors (Lipinski definition) is 2. The minimum atomic E-state index is -0.377.